The second-order valence-corrected chi connectivity index (χ2v) is 3.94. The molecule has 0 amide bonds. The van der Waals surface area contributed by atoms with Gasteiger partial charge in [-0.05, 0) is 0 Å². The molecule has 3 aromatic rings. The van der Waals surface area contributed by atoms with E-state index in [1.165, 1.54) is 36.4 Å². The fourth-order valence-corrected chi connectivity index (χ4v) is 1.26. The van der Waals surface area contributed by atoms with Crippen LogP contribution in [0.4, 0.5) is 0 Å². The maximum absolute atomic E-state index is 10.3. The van der Waals surface area contributed by atoms with Crippen LogP contribution in [0, 0.1) is 0 Å². The molecular weight excluding hydrogens is 469 g/mol. The van der Waals surface area contributed by atoms with Crippen LogP contribution in [0.5, 0.6) is 17.2 Å². The summed E-state index contributed by atoms with van der Waals surface area (Å²) in [5, 5.41) is 30.8. The largest absolute Gasteiger partial charge is 3.00 e. The molecule has 3 nitrogen and oxygen atoms in total. The standard InChI is InChI=1S/3C6H6O.Tl/c3*7-6-4-2-1-3-5-6;/h3*1-5,7H;/q;;;+3/p-3. The van der Waals surface area contributed by atoms with Crippen LogP contribution in [0.25, 0.3) is 0 Å². The zero-order valence-electron chi connectivity index (χ0n) is 12.0. The molecule has 3 aromatic carbocycles. The molecule has 0 heterocycles. The number of hydrogen-bond acceptors (Lipinski definition) is 3. The van der Waals surface area contributed by atoms with Crippen LogP contribution >= 0.6 is 0 Å². The van der Waals surface area contributed by atoms with Gasteiger partial charge in [-0.2, -0.15) is 0 Å². The molecule has 22 heavy (non-hydrogen) atoms. The van der Waals surface area contributed by atoms with Gasteiger partial charge in [-0.15, -0.1) is 17.2 Å². The molecule has 0 aliphatic carbocycles. The maximum Gasteiger partial charge on any atom is 3.00 e. The average molecular weight is 484 g/mol. The first-order chi connectivity index (χ1) is 10.2. The molecule has 0 spiro atoms. The van der Waals surface area contributed by atoms with Gasteiger partial charge in [-0.1, -0.05) is 91.0 Å². The van der Waals surface area contributed by atoms with E-state index in [-0.39, 0.29) is 44.5 Å². The second-order valence-electron chi connectivity index (χ2n) is 3.94. The van der Waals surface area contributed by atoms with Crippen molar-refractivity contribution in [1.82, 2.24) is 0 Å². The van der Waals surface area contributed by atoms with Crippen molar-refractivity contribution in [3.8, 4) is 17.2 Å². The molecule has 0 saturated carbocycles. The van der Waals surface area contributed by atoms with Gasteiger partial charge in [0.15, 0.2) is 0 Å². The number of rotatable bonds is 0. The topological polar surface area (TPSA) is 69.2 Å². The molecule has 0 saturated heterocycles. The fraction of sp³-hybridized carbons (Fsp3) is 0. The molecule has 0 unspecified atom stereocenters. The number of para-hydroxylation sites is 3. The van der Waals surface area contributed by atoms with Crippen LogP contribution in [-0.2, 0) is 0 Å². The minimum atomic E-state index is 0. The summed E-state index contributed by atoms with van der Waals surface area (Å²) in [4.78, 5) is 0. The van der Waals surface area contributed by atoms with Gasteiger partial charge in [0.2, 0.25) is 0 Å². The van der Waals surface area contributed by atoms with Gasteiger partial charge in [0.25, 0.3) is 0 Å². The van der Waals surface area contributed by atoms with Gasteiger partial charge in [-0.3, -0.25) is 0 Å². The van der Waals surface area contributed by atoms with E-state index in [9.17, 15) is 15.3 Å². The third-order valence-corrected chi connectivity index (χ3v) is 2.23. The van der Waals surface area contributed by atoms with Crippen LogP contribution in [0.2, 0.25) is 0 Å². The quantitative estimate of drug-likeness (QED) is 0.459. The monoisotopic (exact) mass is 484 g/mol. The Balaban J connectivity index is 0.000000294. The van der Waals surface area contributed by atoms with Gasteiger partial charge < -0.3 is 15.3 Å². The Kier molecular flexibility index (Phi) is 11.5. The summed E-state index contributed by atoms with van der Waals surface area (Å²) in [5.74, 6) is 0.215. The summed E-state index contributed by atoms with van der Waals surface area (Å²) in [5.41, 5.74) is 0. The van der Waals surface area contributed by atoms with Crippen molar-refractivity contribution >= 4 is 27.3 Å². The Morgan fingerprint density at radius 2 is 0.545 bits per heavy atom. The van der Waals surface area contributed by atoms with Crippen LogP contribution in [-0.4, -0.2) is 27.3 Å². The van der Waals surface area contributed by atoms with Crippen molar-refractivity contribution in [1.29, 1.82) is 0 Å². The van der Waals surface area contributed by atoms with E-state index in [2.05, 4.69) is 0 Å². The first-order valence-electron chi connectivity index (χ1n) is 6.34. The van der Waals surface area contributed by atoms with E-state index in [1.807, 2.05) is 18.2 Å². The molecule has 108 valence electrons. The van der Waals surface area contributed by atoms with Crippen molar-refractivity contribution in [3.05, 3.63) is 91.0 Å². The zero-order valence-corrected chi connectivity index (χ0v) is 16.5. The SMILES string of the molecule is [O-]c1ccccc1.[O-]c1ccccc1.[O-]c1ccccc1.[Tl+3]. The minimum absolute atomic E-state index is 0. The zero-order chi connectivity index (χ0) is 15.3. The van der Waals surface area contributed by atoms with Gasteiger partial charge in [0.1, 0.15) is 0 Å². The summed E-state index contributed by atoms with van der Waals surface area (Å²) in [7, 11) is 0. The summed E-state index contributed by atoms with van der Waals surface area (Å²) >= 11 is 0. The van der Waals surface area contributed by atoms with Crippen LogP contribution in [0.15, 0.2) is 91.0 Å². The van der Waals surface area contributed by atoms with E-state index in [1.54, 1.807) is 36.4 Å². The Labute approximate surface area is 150 Å². The normalized spacial score (nSPS) is 8.18. The van der Waals surface area contributed by atoms with E-state index < -0.39 is 0 Å². The molecule has 4 heteroatoms. The maximum atomic E-state index is 10.3. The molecular formula is C18H15O3Tl. The fourth-order valence-electron chi connectivity index (χ4n) is 1.26. The van der Waals surface area contributed by atoms with Gasteiger partial charge >= 0.3 is 27.3 Å². The Morgan fingerprint density at radius 3 is 0.636 bits per heavy atom. The molecule has 0 aliphatic rings. The Morgan fingerprint density at radius 1 is 0.364 bits per heavy atom. The first kappa shape index (κ1) is 20.0. The number of benzene rings is 3. The van der Waals surface area contributed by atoms with E-state index >= 15 is 0 Å². The second kappa shape index (κ2) is 12.7. The van der Waals surface area contributed by atoms with Crippen LogP contribution < -0.4 is 15.3 Å². The average Bonchev–Trinajstić information content (AvgIpc) is 2.51. The van der Waals surface area contributed by atoms with Gasteiger partial charge in [0, 0.05) is 0 Å². The van der Waals surface area contributed by atoms with E-state index in [0.29, 0.717) is 0 Å². The summed E-state index contributed by atoms with van der Waals surface area (Å²) < 4.78 is 0. The number of hydrogen-bond donors (Lipinski definition) is 0. The van der Waals surface area contributed by atoms with Gasteiger partial charge in [0.05, 0.1) is 0 Å². The first-order valence-corrected chi connectivity index (χ1v) is 6.34. The van der Waals surface area contributed by atoms with Crippen molar-refractivity contribution in [2.24, 2.45) is 0 Å². The molecule has 0 fully saturated rings. The van der Waals surface area contributed by atoms with Crippen molar-refractivity contribution in [2.45, 2.75) is 0 Å². The molecule has 0 bridgehead atoms. The molecule has 0 atom stereocenters. The van der Waals surface area contributed by atoms with Crippen molar-refractivity contribution < 1.29 is 15.3 Å². The van der Waals surface area contributed by atoms with E-state index in [4.69, 9.17) is 0 Å². The molecule has 0 aromatic heterocycles. The van der Waals surface area contributed by atoms with Crippen molar-refractivity contribution in [3.63, 3.8) is 0 Å². The predicted octanol–water partition coefficient (Wildman–Crippen LogP) is 1.90. The minimum Gasteiger partial charge on any atom is -0.872 e. The van der Waals surface area contributed by atoms with Crippen molar-refractivity contribution in [2.75, 3.05) is 0 Å². The molecule has 0 radical (unpaired) electrons. The third kappa shape index (κ3) is 10.7. The van der Waals surface area contributed by atoms with E-state index in [0.717, 1.165) is 0 Å². The summed E-state index contributed by atoms with van der Waals surface area (Å²) in [6.45, 7) is 0. The third-order valence-electron chi connectivity index (χ3n) is 2.23. The van der Waals surface area contributed by atoms with Crippen LogP contribution in [0.1, 0.15) is 0 Å². The smallest absolute Gasteiger partial charge is 0.872 e. The summed E-state index contributed by atoms with van der Waals surface area (Å²) in [6, 6.07) is 25.0. The molecule has 0 aliphatic heterocycles. The molecule has 3 rings (SSSR count). The van der Waals surface area contributed by atoms with Gasteiger partial charge in [-0.25, -0.2) is 0 Å². The summed E-state index contributed by atoms with van der Waals surface area (Å²) in [6.07, 6.45) is 0. The van der Waals surface area contributed by atoms with Crippen LogP contribution in [0.3, 0.4) is 0 Å². The Bertz CT molecular complexity index is 497. The molecule has 0 N–H and O–H groups in total. The predicted molar refractivity (Wildman–Crippen MR) is 83.4 cm³/mol. The Hall–Kier alpha value is -2.02.